The van der Waals surface area contributed by atoms with Crippen molar-refractivity contribution in [3.63, 3.8) is 0 Å². The Morgan fingerprint density at radius 1 is 1.14 bits per heavy atom. The van der Waals surface area contributed by atoms with E-state index in [0.29, 0.717) is 6.61 Å². The molecule has 0 radical (unpaired) electrons. The molecule has 2 aromatic carbocycles. The lowest BCUT2D eigenvalue weighted by molar-refractivity contribution is -0.115. The van der Waals surface area contributed by atoms with Crippen molar-refractivity contribution in [3.8, 4) is 5.75 Å². The van der Waals surface area contributed by atoms with Crippen LogP contribution >= 0.6 is 12.4 Å². The minimum Gasteiger partial charge on any atom is -0.487 e. The Labute approximate surface area is 176 Å². The van der Waals surface area contributed by atoms with E-state index in [1.165, 1.54) is 38.4 Å². The van der Waals surface area contributed by atoms with Gasteiger partial charge in [-0.3, -0.25) is 15.1 Å². The maximum Gasteiger partial charge on any atom is 0.235 e. The van der Waals surface area contributed by atoms with Gasteiger partial charge in [-0.15, -0.1) is 12.4 Å². The van der Waals surface area contributed by atoms with E-state index < -0.39 is 0 Å². The molecule has 2 bridgehead atoms. The first-order chi connectivity index (χ1) is 13.7. The summed E-state index contributed by atoms with van der Waals surface area (Å²) in [5, 5.41) is 2.18. The van der Waals surface area contributed by atoms with Crippen LogP contribution in [0.25, 0.3) is 21.8 Å². The fourth-order valence-corrected chi connectivity index (χ4v) is 4.70. The number of halogens is 1. The summed E-state index contributed by atoms with van der Waals surface area (Å²) in [6, 6.07) is 14.2. The molecule has 6 rings (SSSR count). The molecule has 1 N–H and O–H groups in total. The molecule has 0 atom stereocenters. The number of carbonyl (C=O) groups excluding carboxylic acids is 1. The standard InChI is InChI=1S/C23H25N3O2.ClH/c1-16(27)24-26-21-7-3-2-5-19(21)20-6-4-8-22(23(20)26)28-14-11-18-15-25-12-9-17(18)10-13-25;/h2-8,11,17H,9-10,12-15H2,1H3,(H,24,27);1H. The molecule has 0 aliphatic carbocycles. The molecule has 3 fully saturated rings. The van der Waals surface area contributed by atoms with Crippen molar-refractivity contribution in [2.45, 2.75) is 19.8 Å². The maximum absolute atomic E-state index is 11.8. The van der Waals surface area contributed by atoms with E-state index in [1.54, 1.807) is 0 Å². The molecule has 0 spiro atoms. The molecule has 5 nitrogen and oxygen atoms in total. The van der Waals surface area contributed by atoms with Crippen LogP contribution in [0.5, 0.6) is 5.75 Å². The number of fused-ring (bicyclic) bond motifs is 6. The van der Waals surface area contributed by atoms with Crippen LogP contribution in [0.4, 0.5) is 0 Å². The number of nitrogens with one attached hydrogen (secondary N) is 1. The summed E-state index contributed by atoms with van der Waals surface area (Å²) >= 11 is 0. The zero-order chi connectivity index (χ0) is 19.1. The Balaban J connectivity index is 0.00000205. The molecule has 3 aliphatic rings. The van der Waals surface area contributed by atoms with Crippen LogP contribution in [-0.2, 0) is 4.79 Å². The third-order valence-electron chi connectivity index (χ3n) is 6.03. The summed E-state index contributed by atoms with van der Waals surface area (Å²) in [5.41, 5.74) is 6.35. The number of carbonyl (C=O) groups is 1. The van der Waals surface area contributed by atoms with Gasteiger partial charge < -0.3 is 4.74 Å². The van der Waals surface area contributed by atoms with Crippen LogP contribution in [0.1, 0.15) is 19.8 Å². The predicted octanol–water partition coefficient (Wildman–Crippen LogP) is 4.34. The van der Waals surface area contributed by atoms with Crippen molar-refractivity contribution in [1.82, 2.24) is 9.58 Å². The number of ether oxygens (including phenoxy) is 1. The zero-order valence-corrected chi connectivity index (χ0v) is 17.4. The van der Waals surface area contributed by atoms with E-state index in [9.17, 15) is 4.79 Å². The van der Waals surface area contributed by atoms with E-state index >= 15 is 0 Å². The minimum absolute atomic E-state index is 0. The molecule has 3 aromatic rings. The summed E-state index contributed by atoms with van der Waals surface area (Å²) in [4.78, 5) is 14.3. The third kappa shape index (κ3) is 3.61. The van der Waals surface area contributed by atoms with Gasteiger partial charge in [0, 0.05) is 24.2 Å². The van der Waals surface area contributed by atoms with Gasteiger partial charge in [0.05, 0.1) is 5.52 Å². The molecule has 1 aromatic heterocycles. The van der Waals surface area contributed by atoms with E-state index in [1.807, 2.05) is 35.0 Å². The SMILES string of the molecule is CC(=O)Nn1c2ccccc2c2cccc(OCC=C3CN4CCC3CC4)c21.Cl. The number of nitrogens with zero attached hydrogens (tertiary/aromatic N) is 2. The summed E-state index contributed by atoms with van der Waals surface area (Å²) in [7, 11) is 0. The van der Waals surface area contributed by atoms with Crippen molar-refractivity contribution < 1.29 is 9.53 Å². The quantitative estimate of drug-likeness (QED) is 0.650. The highest BCUT2D eigenvalue weighted by atomic mass is 35.5. The Morgan fingerprint density at radius 2 is 1.90 bits per heavy atom. The first-order valence-electron chi connectivity index (χ1n) is 10.0. The van der Waals surface area contributed by atoms with Gasteiger partial charge in [0.1, 0.15) is 17.9 Å². The number of rotatable bonds is 4. The van der Waals surface area contributed by atoms with Gasteiger partial charge in [0.2, 0.25) is 5.91 Å². The van der Waals surface area contributed by atoms with E-state index in [2.05, 4.69) is 28.5 Å². The zero-order valence-electron chi connectivity index (χ0n) is 16.6. The Hall–Kier alpha value is -2.50. The highest BCUT2D eigenvalue weighted by Crippen LogP contribution is 2.35. The molecule has 6 heteroatoms. The Morgan fingerprint density at radius 3 is 2.62 bits per heavy atom. The lowest BCUT2D eigenvalue weighted by Gasteiger charge is -2.41. The monoisotopic (exact) mass is 411 g/mol. The van der Waals surface area contributed by atoms with Gasteiger partial charge in [-0.25, -0.2) is 4.68 Å². The second kappa shape index (κ2) is 8.09. The van der Waals surface area contributed by atoms with Gasteiger partial charge in [-0.05, 0) is 50.1 Å². The van der Waals surface area contributed by atoms with Gasteiger partial charge in [-0.2, -0.15) is 0 Å². The fraction of sp³-hybridized carbons (Fsp3) is 0.348. The molecule has 3 saturated heterocycles. The molecule has 0 saturated carbocycles. The number of benzene rings is 2. The topological polar surface area (TPSA) is 46.5 Å². The maximum atomic E-state index is 11.8. The normalized spacial score (nSPS) is 22.0. The van der Waals surface area contributed by atoms with Crippen LogP contribution in [-0.4, -0.2) is 41.7 Å². The number of hydrogen-bond donors (Lipinski definition) is 1. The van der Waals surface area contributed by atoms with Crippen LogP contribution in [0.15, 0.2) is 54.1 Å². The highest BCUT2D eigenvalue weighted by molar-refractivity contribution is 6.11. The summed E-state index contributed by atoms with van der Waals surface area (Å²) in [6.07, 6.45) is 4.82. The summed E-state index contributed by atoms with van der Waals surface area (Å²) in [6.45, 7) is 5.64. The fourth-order valence-electron chi connectivity index (χ4n) is 4.70. The van der Waals surface area contributed by atoms with Crippen molar-refractivity contribution in [1.29, 1.82) is 0 Å². The first-order valence-corrected chi connectivity index (χ1v) is 10.0. The lowest BCUT2D eigenvalue weighted by Crippen LogP contribution is -2.43. The smallest absolute Gasteiger partial charge is 0.235 e. The van der Waals surface area contributed by atoms with Crippen molar-refractivity contribution in [2.24, 2.45) is 5.92 Å². The highest BCUT2D eigenvalue weighted by Gasteiger charge is 2.29. The van der Waals surface area contributed by atoms with Gasteiger partial charge in [-0.1, -0.05) is 35.9 Å². The van der Waals surface area contributed by atoms with Crippen LogP contribution in [0, 0.1) is 5.92 Å². The van der Waals surface area contributed by atoms with E-state index in [0.717, 1.165) is 40.0 Å². The number of piperidine rings is 3. The summed E-state index contributed by atoms with van der Waals surface area (Å²) in [5.74, 6) is 1.42. The number of aromatic nitrogens is 1. The number of para-hydroxylation sites is 2. The molecular weight excluding hydrogens is 386 g/mol. The molecular formula is C23H26ClN3O2. The van der Waals surface area contributed by atoms with Crippen molar-refractivity contribution in [2.75, 3.05) is 31.7 Å². The molecule has 29 heavy (non-hydrogen) atoms. The average Bonchev–Trinajstić information content (AvgIpc) is 3.03. The third-order valence-corrected chi connectivity index (χ3v) is 6.03. The van der Waals surface area contributed by atoms with Gasteiger partial charge >= 0.3 is 0 Å². The van der Waals surface area contributed by atoms with E-state index in [-0.39, 0.29) is 18.3 Å². The van der Waals surface area contributed by atoms with Gasteiger partial charge in [0.25, 0.3) is 0 Å². The number of amides is 1. The minimum atomic E-state index is -0.105. The van der Waals surface area contributed by atoms with Gasteiger partial charge in [0.15, 0.2) is 0 Å². The lowest BCUT2D eigenvalue weighted by atomic mass is 9.84. The first kappa shape index (κ1) is 19.8. The van der Waals surface area contributed by atoms with Crippen LogP contribution < -0.4 is 10.2 Å². The van der Waals surface area contributed by atoms with Crippen molar-refractivity contribution in [3.05, 3.63) is 54.1 Å². The Kier molecular flexibility index (Phi) is 5.52. The molecule has 152 valence electrons. The Bertz CT molecular complexity index is 1080. The predicted molar refractivity (Wildman–Crippen MR) is 119 cm³/mol. The molecule has 1 amide bonds. The average molecular weight is 412 g/mol. The van der Waals surface area contributed by atoms with Crippen LogP contribution in [0.2, 0.25) is 0 Å². The largest absolute Gasteiger partial charge is 0.487 e. The molecule has 0 unspecified atom stereocenters. The number of hydrogen-bond acceptors (Lipinski definition) is 3. The second-order valence-electron chi connectivity index (χ2n) is 7.81. The second-order valence-corrected chi connectivity index (χ2v) is 7.81. The summed E-state index contributed by atoms with van der Waals surface area (Å²) < 4.78 is 8.07. The molecule has 3 aliphatic heterocycles. The van der Waals surface area contributed by atoms with Crippen LogP contribution in [0.3, 0.4) is 0 Å². The van der Waals surface area contributed by atoms with Crippen molar-refractivity contribution >= 4 is 40.1 Å². The van der Waals surface area contributed by atoms with E-state index in [4.69, 9.17) is 4.74 Å². The molecule has 4 heterocycles.